The van der Waals surface area contributed by atoms with Crippen molar-refractivity contribution in [1.29, 1.82) is 0 Å². The molecule has 0 radical (unpaired) electrons. The first-order valence-electron chi connectivity index (χ1n) is 9.29. The Morgan fingerprint density at radius 2 is 1.86 bits per heavy atom. The zero-order chi connectivity index (χ0) is 19.9. The van der Waals surface area contributed by atoms with Gasteiger partial charge in [0, 0.05) is 30.9 Å². The van der Waals surface area contributed by atoms with Crippen LogP contribution in [-0.4, -0.2) is 30.9 Å². The highest BCUT2D eigenvalue weighted by molar-refractivity contribution is 5.97. The standard InChI is InChI=1S/C21H24N4O3/c1-15-7-9-16(10-8-15)13-22-21(28)23-14-19(26)24-17-4-2-5-18(12-17)25-11-3-6-20(25)27/h2,4-5,7-10,12H,3,6,11,13-14H2,1H3,(H,24,26)(H2,22,23,28). The molecule has 7 nitrogen and oxygen atoms in total. The molecule has 2 aromatic rings. The van der Waals surface area contributed by atoms with E-state index in [-0.39, 0.29) is 18.4 Å². The minimum atomic E-state index is -0.410. The van der Waals surface area contributed by atoms with E-state index in [0.29, 0.717) is 25.2 Å². The van der Waals surface area contributed by atoms with Gasteiger partial charge in [0.1, 0.15) is 0 Å². The summed E-state index contributed by atoms with van der Waals surface area (Å²) in [5.41, 5.74) is 3.50. The Kier molecular flexibility index (Phi) is 6.26. The van der Waals surface area contributed by atoms with E-state index in [2.05, 4.69) is 16.0 Å². The van der Waals surface area contributed by atoms with Crippen LogP contribution in [0.25, 0.3) is 0 Å². The molecule has 1 aliphatic rings. The lowest BCUT2D eigenvalue weighted by atomic mass is 10.1. The molecule has 1 fully saturated rings. The molecule has 1 aliphatic heterocycles. The van der Waals surface area contributed by atoms with Crippen molar-refractivity contribution in [3.05, 3.63) is 59.7 Å². The number of rotatable bonds is 6. The number of anilines is 2. The second kappa shape index (κ2) is 9.03. The van der Waals surface area contributed by atoms with Crippen molar-refractivity contribution in [1.82, 2.24) is 10.6 Å². The van der Waals surface area contributed by atoms with E-state index in [9.17, 15) is 14.4 Å². The van der Waals surface area contributed by atoms with Crippen molar-refractivity contribution in [2.75, 3.05) is 23.3 Å². The van der Waals surface area contributed by atoms with Gasteiger partial charge >= 0.3 is 6.03 Å². The summed E-state index contributed by atoms with van der Waals surface area (Å²) in [5, 5.41) is 7.99. The first kappa shape index (κ1) is 19.4. The summed E-state index contributed by atoms with van der Waals surface area (Å²) >= 11 is 0. The molecule has 7 heteroatoms. The third-order valence-electron chi connectivity index (χ3n) is 4.50. The van der Waals surface area contributed by atoms with Crippen LogP contribution >= 0.6 is 0 Å². The molecule has 146 valence electrons. The molecule has 1 saturated heterocycles. The van der Waals surface area contributed by atoms with E-state index in [0.717, 1.165) is 23.2 Å². The number of hydrogen-bond acceptors (Lipinski definition) is 3. The first-order valence-corrected chi connectivity index (χ1v) is 9.29. The van der Waals surface area contributed by atoms with Crippen LogP contribution in [-0.2, 0) is 16.1 Å². The van der Waals surface area contributed by atoms with Gasteiger partial charge in [-0.25, -0.2) is 4.79 Å². The lowest BCUT2D eigenvalue weighted by Crippen LogP contribution is -2.39. The Bertz CT molecular complexity index is 864. The first-order chi connectivity index (χ1) is 13.5. The summed E-state index contributed by atoms with van der Waals surface area (Å²) in [7, 11) is 0. The lowest BCUT2D eigenvalue weighted by molar-refractivity contribution is -0.117. The summed E-state index contributed by atoms with van der Waals surface area (Å²) in [4.78, 5) is 37.5. The van der Waals surface area contributed by atoms with Crippen LogP contribution in [0.1, 0.15) is 24.0 Å². The molecule has 0 aliphatic carbocycles. The molecule has 0 spiro atoms. The fourth-order valence-corrected chi connectivity index (χ4v) is 2.99. The molecule has 0 bridgehead atoms. The van der Waals surface area contributed by atoms with Crippen molar-refractivity contribution in [2.24, 2.45) is 0 Å². The highest BCUT2D eigenvalue weighted by atomic mass is 16.2. The quantitative estimate of drug-likeness (QED) is 0.719. The highest BCUT2D eigenvalue weighted by Crippen LogP contribution is 2.24. The van der Waals surface area contributed by atoms with E-state index in [1.54, 1.807) is 23.1 Å². The van der Waals surface area contributed by atoms with Crippen molar-refractivity contribution in [3.63, 3.8) is 0 Å². The number of hydrogen-bond donors (Lipinski definition) is 3. The molecular weight excluding hydrogens is 356 g/mol. The number of amides is 4. The van der Waals surface area contributed by atoms with E-state index in [1.807, 2.05) is 37.3 Å². The SMILES string of the molecule is Cc1ccc(CNC(=O)NCC(=O)Nc2cccc(N3CCCC3=O)c2)cc1. The van der Waals surface area contributed by atoms with Gasteiger partial charge in [-0.15, -0.1) is 0 Å². The van der Waals surface area contributed by atoms with E-state index >= 15 is 0 Å². The molecule has 3 N–H and O–H groups in total. The van der Waals surface area contributed by atoms with Crippen molar-refractivity contribution in [3.8, 4) is 0 Å². The van der Waals surface area contributed by atoms with Crippen LogP contribution < -0.4 is 20.9 Å². The summed E-state index contributed by atoms with van der Waals surface area (Å²) in [6.07, 6.45) is 1.40. The van der Waals surface area contributed by atoms with Gasteiger partial charge in [0.2, 0.25) is 11.8 Å². The maximum Gasteiger partial charge on any atom is 0.315 e. The summed E-state index contributed by atoms with van der Waals surface area (Å²) in [5.74, 6) is -0.245. The fourth-order valence-electron chi connectivity index (χ4n) is 2.99. The highest BCUT2D eigenvalue weighted by Gasteiger charge is 2.21. The van der Waals surface area contributed by atoms with E-state index in [1.165, 1.54) is 0 Å². The second-order valence-electron chi connectivity index (χ2n) is 6.77. The minimum absolute atomic E-state index is 0.0930. The van der Waals surface area contributed by atoms with Crippen LogP contribution in [0.5, 0.6) is 0 Å². The molecule has 0 unspecified atom stereocenters. The zero-order valence-corrected chi connectivity index (χ0v) is 15.8. The van der Waals surface area contributed by atoms with Gasteiger partial charge in [0.15, 0.2) is 0 Å². The minimum Gasteiger partial charge on any atom is -0.334 e. The van der Waals surface area contributed by atoms with Gasteiger partial charge < -0.3 is 20.9 Å². The Labute approximate surface area is 164 Å². The Morgan fingerprint density at radius 1 is 1.07 bits per heavy atom. The predicted octanol–water partition coefficient (Wildman–Crippen LogP) is 2.56. The van der Waals surface area contributed by atoms with Gasteiger partial charge in [0.05, 0.1) is 6.54 Å². The van der Waals surface area contributed by atoms with Gasteiger partial charge in [-0.05, 0) is 37.1 Å². The molecule has 1 heterocycles. The smallest absolute Gasteiger partial charge is 0.315 e. The topological polar surface area (TPSA) is 90.5 Å². The summed E-state index contributed by atoms with van der Waals surface area (Å²) < 4.78 is 0. The van der Waals surface area contributed by atoms with Crippen LogP contribution in [0.15, 0.2) is 48.5 Å². The fraction of sp³-hybridized carbons (Fsp3) is 0.286. The van der Waals surface area contributed by atoms with Gasteiger partial charge in [0.25, 0.3) is 0 Å². The molecule has 3 rings (SSSR count). The maximum absolute atomic E-state index is 12.1. The number of nitrogens with zero attached hydrogens (tertiary/aromatic N) is 1. The monoisotopic (exact) mass is 380 g/mol. The number of carbonyl (C=O) groups excluding carboxylic acids is 3. The number of nitrogens with one attached hydrogen (secondary N) is 3. The maximum atomic E-state index is 12.1. The number of urea groups is 1. The van der Waals surface area contributed by atoms with Crippen LogP contribution in [0, 0.1) is 6.92 Å². The normalized spacial score (nSPS) is 13.3. The molecule has 28 heavy (non-hydrogen) atoms. The second-order valence-corrected chi connectivity index (χ2v) is 6.77. The van der Waals surface area contributed by atoms with Crippen molar-refractivity contribution < 1.29 is 14.4 Å². The number of aryl methyl sites for hydroxylation is 1. The Balaban J connectivity index is 1.44. The summed E-state index contributed by atoms with van der Waals surface area (Å²) in [6, 6.07) is 14.6. The van der Waals surface area contributed by atoms with Gasteiger partial charge in [-0.1, -0.05) is 35.9 Å². The van der Waals surface area contributed by atoms with E-state index in [4.69, 9.17) is 0 Å². The molecule has 0 saturated carbocycles. The van der Waals surface area contributed by atoms with Gasteiger partial charge in [-0.2, -0.15) is 0 Å². The van der Waals surface area contributed by atoms with Crippen LogP contribution in [0.3, 0.4) is 0 Å². The lowest BCUT2D eigenvalue weighted by Gasteiger charge is -2.16. The molecule has 4 amide bonds. The largest absolute Gasteiger partial charge is 0.334 e. The van der Waals surface area contributed by atoms with Crippen molar-refractivity contribution in [2.45, 2.75) is 26.3 Å². The molecule has 0 atom stereocenters. The summed E-state index contributed by atoms with van der Waals surface area (Å²) in [6.45, 7) is 2.94. The predicted molar refractivity (Wildman–Crippen MR) is 108 cm³/mol. The third-order valence-corrected chi connectivity index (χ3v) is 4.50. The average molecular weight is 380 g/mol. The Hall–Kier alpha value is -3.35. The van der Waals surface area contributed by atoms with E-state index < -0.39 is 6.03 Å². The van der Waals surface area contributed by atoms with Crippen LogP contribution in [0.4, 0.5) is 16.2 Å². The average Bonchev–Trinajstić information content (AvgIpc) is 3.12. The van der Waals surface area contributed by atoms with Crippen LogP contribution in [0.2, 0.25) is 0 Å². The molecule has 0 aromatic heterocycles. The number of benzene rings is 2. The van der Waals surface area contributed by atoms with Gasteiger partial charge in [-0.3, -0.25) is 9.59 Å². The Morgan fingerprint density at radius 3 is 2.57 bits per heavy atom. The molecular formula is C21H24N4O3. The third kappa shape index (κ3) is 5.33. The number of carbonyl (C=O) groups is 3. The van der Waals surface area contributed by atoms with Crippen molar-refractivity contribution >= 4 is 29.2 Å². The zero-order valence-electron chi connectivity index (χ0n) is 15.8. The molecule has 2 aromatic carbocycles.